The molecule has 0 unspecified atom stereocenters. The molecule has 0 atom stereocenters. The van der Waals surface area contributed by atoms with Crippen molar-refractivity contribution in [1.29, 1.82) is 0 Å². The molecule has 18 heavy (non-hydrogen) atoms. The number of nitrogens with zero attached hydrogens (tertiary/aromatic N) is 3. The fourth-order valence-corrected chi connectivity index (χ4v) is 2.93. The molecule has 0 spiro atoms. The van der Waals surface area contributed by atoms with E-state index in [1.165, 1.54) is 16.0 Å². The van der Waals surface area contributed by atoms with Gasteiger partial charge in [-0.3, -0.25) is 9.97 Å². The summed E-state index contributed by atoms with van der Waals surface area (Å²) < 4.78 is 1.24. The van der Waals surface area contributed by atoms with E-state index in [2.05, 4.69) is 39.4 Å². The zero-order chi connectivity index (χ0) is 12.4. The quantitative estimate of drug-likeness (QED) is 0.719. The molecular weight excluding hydrogens is 242 g/mol. The Kier molecular flexibility index (Phi) is 2.94. The van der Waals surface area contributed by atoms with E-state index in [9.17, 15) is 0 Å². The van der Waals surface area contributed by atoms with Gasteiger partial charge in [-0.1, -0.05) is 0 Å². The van der Waals surface area contributed by atoms with E-state index >= 15 is 0 Å². The Hall–Kier alpha value is -1.94. The van der Waals surface area contributed by atoms with Crippen LogP contribution in [0, 0.1) is 0 Å². The molecule has 3 aromatic rings. The van der Waals surface area contributed by atoms with Crippen molar-refractivity contribution in [3.05, 3.63) is 53.8 Å². The van der Waals surface area contributed by atoms with Crippen LogP contribution in [0.1, 0.15) is 5.56 Å². The van der Waals surface area contributed by atoms with Crippen LogP contribution in [0.3, 0.4) is 0 Å². The fourth-order valence-electron chi connectivity index (χ4n) is 2.01. The standard InChI is InChI=1S/C14H13N3S/c1-17(10-11-2-6-15-7-3-11)13-4-8-16-12-5-9-18-14(12)13/h2-9H,10H2,1H3. The summed E-state index contributed by atoms with van der Waals surface area (Å²) in [7, 11) is 2.11. The lowest BCUT2D eigenvalue weighted by Gasteiger charge is -2.19. The minimum atomic E-state index is 0.875. The smallest absolute Gasteiger partial charge is 0.0830 e. The molecule has 3 rings (SSSR count). The fraction of sp³-hybridized carbons (Fsp3) is 0.143. The Bertz CT molecular complexity index is 648. The Morgan fingerprint density at radius 3 is 2.78 bits per heavy atom. The first-order valence-corrected chi connectivity index (χ1v) is 6.65. The molecule has 3 heterocycles. The van der Waals surface area contributed by atoms with Crippen molar-refractivity contribution in [3.8, 4) is 0 Å². The topological polar surface area (TPSA) is 29.0 Å². The van der Waals surface area contributed by atoms with Gasteiger partial charge in [0.15, 0.2) is 0 Å². The molecule has 0 saturated heterocycles. The van der Waals surface area contributed by atoms with Crippen LogP contribution in [0.2, 0.25) is 0 Å². The number of anilines is 1. The van der Waals surface area contributed by atoms with E-state index in [1.807, 2.05) is 30.7 Å². The molecule has 0 aliphatic heterocycles. The molecule has 90 valence electrons. The minimum absolute atomic E-state index is 0.875. The molecule has 0 amide bonds. The second kappa shape index (κ2) is 4.74. The van der Waals surface area contributed by atoms with Crippen molar-refractivity contribution in [2.75, 3.05) is 11.9 Å². The number of fused-ring (bicyclic) bond motifs is 1. The molecule has 0 aromatic carbocycles. The number of pyridine rings is 2. The number of rotatable bonds is 3. The van der Waals surface area contributed by atoms with Gasteiger partial charge in [-0.15, -0.1) is 11.3 Å². The van der Waals surface area contributed by atoms with Gasteiger partial charge >= 0.3 is 0 Å². The summed E-state index contributed by atoms with van der Waals surface area (Å²) in [5.41, 5.74) is 3.56. The van der Waals surface area contributed by atoms with Crippen LogP contribution < -0.4 is 4.90 Å². The molecule has 0 bridgehead atoms. The number of hydrogen-bond acceptors (Lipinski definition) is 4. The van der Waals surface area contributed by atoms with Gasteiger partial charge in [-0.25, -0.2) is 0 Å². The van der Waals surface area contributed by atoms with Gasteiger partial charge in [0.1, 0.15) is 0 Å². The highest BCUT2D eigenvalue weighted by Gasteiger charge is 2.08. The van der Waals surface area contributed by atoms with Crippen LogP contribution in [-0.4, -0.2) is 17.0 Å². The predicted octanol–water partition coefficient (Wildman–Crippen LogP) is 3.33. The average molecular weight is 255 g/mol. The second-order valence-electron chi connectivity index (χ2n) is 4.18. The van der Waals surface area contributed by atoms with Gasteiger partial charge in [0, 0.05) is 32.2 Å². The van der Waals surface area contributed by atoms with Gasteiger partial charge in [-0.2, -0.15) is 0 Å². The lowest BCUT2D eigenvalue weighted by molar-refractivity contribution is 0.924. The van der Waals surface area contributed by atoms with Crippen molar-refractivity contribution in [3.63, 3.8) is 0 Å². The van der Waals surface area contributed by atoms with Gasteiger partial charge in [-0.05, 0) is 35.2 Å². The van der Waals surface area contributed by atoms with Crippen molar-refractivity contribution >= 4 is 27.2 Å². The van der Waals surface area contributed by atoms with Crippen molar-refractivity contribution in [2.45, 2.75) is 6.54 Å². The van der Waals surface area contributed by atoms with Crippen LogP contribution in [0.5, 0.6) is 0 Å². The average Bonchev–Trinajstić information content (AvgIpc) is 2.87. The molecule has 3 aromatic heterocycles. The largest absolute Gasteiger partial charge is 0.369 e. The molecule has 0 saturated carbocycles. The molecule has 0 aliphatic rings. The first-order valence-electron chi connectivity index (χ1n) is 5.77. The van der Waals surface area contributed by atoms with E-state index in [0.29, 0.717) is 0 Å². The van der Waals surface area contributed by atoms with Gasteiger partial charge in [0.25, 0.3) is 0 Å². The zero-order valence-corrected chi connectivity index (χ0v) is 10.9. The van der Waals surface area contributed by atoms with Crippen LogP contribution in [0.4, 0.5) is 5.69 Å². The Balaban J connectivity index is 1.92. The third-order valence-corrected chi connectivity index (χ3v) is 3.83. The first kappa shape index (κ1) is 11.2. The second-order valence-corrected chi connectivity index (χ2v) is 5.09. The highest BCUT2D eigenvalue weighted by atomic mass is 32.1. The molecule has 0 aliphatic carbocycles. The summed E-state index contributed by atoms with van der Waals surface area (Å²) in [5.74, 6) is 0. The Labute approximate surface area is 110 Å². The van der Waals surface area contributed by atoms with E-state index in [1.54, 1.807) is 11.3 Å². The first-order chi connectivity index (χ1) is 8.84. The summed E-state index contributed by atoms with van der Waals surface area (Å²) >= 11 is 1.74. The summed E-state index contributed by atoms with van der Waals surface area (Å²) in [4.78, 5) is 10.7. The Morgan fingerprint density at radius 2 is 1.94 bits per heavy atom. The maximum Gasteiger partial charge on any atom is 0.0830 e. The zero-order valence-electron chi connectivity index (χ0n) is 10.1. The van der Waals surface area contributed by atoms with E-state index in [0.717, 1.165) is 12.1 Å². The van der Waals surface area contributed by atoms with E-state index in [-0.39, 0.29) is 0 Å². The van der Waals surface area contributed by atoms with Crippen LogP contribution in [0.15, 0.2) is 48.2 Å². The third kappa shape index (κ3) is 2.07. The molecule has 0 fully saturated rings. The molecule has 4 heteroatoms. The monoisotopic (exact) mass is 255 g/mol. The molecular formula is C14H13N3S. The van der Waals surface area contributed by atoms with Crippen molar-refractivity contribution in [1.82, 2.24) is 9.97 Å². The maximum absolute atomic E-state index is 4.37. The predicted molar refractivity (Wildman–Crippen MR) is 76.0 cm³/mol. The highest BCUT2D eigenvalue weighted by molar-refractivity contribution is 7.17. The lowest BCUT2D eigenvalue weighted by atomic mass is 10.2. The highest BCUT2D eigenvalue weighted by Crippen LogP contribution is 2.29. The third-order valence-electron chi connectivity index (χ3n) is 2.90. The van der Waals surface area contributed by atoms with Crippen molar-refractivity contribution in [2.24, 2.45) is 0 Å². The normalized spacial score (nSPS) is 10.7. The molecule has 0 N–H and O–H groups in total. The summed E-state index contributed by atoms with van der Waals surface area (Å²) in [5, 5.41) is 2.08. The van der Waals surface area contributed by atoms with Gasteiger partial charge < -0.3 is 4.90 Å². The SMILES string of the molecule is CN(Cc1ccncc1)c1ccnc2ccsc12. The van der Waals surface area contributed by atoms with E-state index < -0.39 is 0 Å². The lowest BCUT2D eigenvalue weighted by Crippen LogP contribution is -2.16. The summed E-state index contributed by atoms with van der Waals surface area (Å²) in [6.07, 6.45) is 5.53. The summed E-state index contributed by atoms with van der Waals surface area (Å²) in [6.45, 7) is 0.875. The number of hydrogen-bond donors (Lipinski definition) is 0. The Morgan fingerprint density at radius 1 is 1.11 bits per heavy atom. The summed E-state index contributed by atoms with van der Waals surface area (Å²) in [6, 6.07) is 8.22. The van der Waals surface area contributed by atoms with Crippen LogP contribution in [-0.2, 0) is 6.54 Å². The molecule has 0 radical (unpaired) electrons. The number of thiophene rings is 1. The van der Waals surface area contributed by atoms with Gasteiger partial charge in [0.2, 0.25) is 0 Å². The maximum atomic E-state index is 4.37. The van der Waals surface area contributed by atoms with Crippen LogP contribution >= 0.6 is 11.3 Å². The van der Waals surface area contributed by atoms with Gasteiger partial charge in [0.05, 0.1) is 15.9 Å². The molecule has 3 nitrogen and oxygen atoms in total. The number of aromatic nitrogens is 2. The van der Waals surface area contributed by atoms with E-state index in [4.69, 9.17) is 0 Å². The van der Waals surface area contributed by atoms with Crippen molar-refractivity contribution < 1.29 is 0 Å². The van der Waals surface area contributed by atoms with Crippen LogP contribution in [0.25, 0.3) is 10.2 Å². The minimum Gasteiger partial charge on any atom is -0.369 e.